The summed E-state index contributed by atoms with van der Waals surface area (Å²) in [6.45, 7) is 14.7. The van der Waals surface area contributed by atoms with Crippen LogP contribution in [0.1, 0.15) is 125 Å². The fraction of sp³-hybridized carbons (Fsp3) is 0.571. The number of carboxylic acid groups (broad SMARTS) is 1. The lowest BCUT2D eigenvalue weighted by atomic mass is 9.95. The van der Waals surface area contributed by atoms with Gasteiger partial charge in [0.25, 0.3) is 0 Å². The van der Waals surface area contributed by atoms with Crippen molar-refractivity contribution in [3.63, 3.8) is 0 Å². The molecule has 15 atom stereocenters. The molecule has 2 aromatic carbocycles. The summed E-state index contributed by atoms with van der Waals surface area (Å²) in [4.78, 5) is 206. The number of aromatic amines is 1. The first-order chi connectivity index (χ1) is 49.9. The zero-order valence-corrected chi connectivity index (χ0v) is 61.5. The number of aliphatic hydroxyl groups excluding tert-OH is 2. The lowest BCUT2D eigenvalue weighted by Crippen LogP contribution is -2.63. The number of aliphatic hydroxyl groups is 2. The van der Waals surface area contributed by atoms with Crippen LogP contribution in [0, 0.1) is 23.7 Å². The summed E-state index contributed by atoms with van der Waals surface area (Å²) < 4.78 is 0. The molecule has 2 heterocycles. The normalized spacial score (nSPS) is 16.7. The van der Waals surface area contributed by atoms with E-state index in [0.29, 0.717) is 16.8 Å². The van der Waals surface area contributed by atoms with Crippen molar-refractivity contribution in [1.29, 1.82) is 0 Å². The first-order valence-corrected chi connectivity index (χ1v) is 35.3. The molecule has 1 saturated heterocycles. The first kappa shape index (κ1) is 87.8. The minimum absolute atomic E-state index is 0.0132. The van der Waals surface area contributed by atoms with Gasteiger partial charge >= 0.3 is 5.97 Å². The average Bonchev–Trinajstić information content (AvgIpc) is 1.63. The van der Waals surface area contributed by atoms with E-state index < -0.39 is 198 Å². The summed E-state index contributed by atoms with van der Waals surface area (Å²) >= 11 is 0. The molecule has 23 N–H and O–H groups in total. The molecule has 0 saturated carbocycles. The zero-order chi connectivity index (χ0) is 79.2. The third-order valence-corrected chi connectivity index (χ3v) is 17.7. The number of H-pyrrole nitrogens is 1. The molecule has 0 spiro atoms. The van der Waals surface area contributed by atoms with Crippen LogP contribution in [0.5, 0.6) is 0 Å². The zero-order valence-electron chi connectivity index (χ0n) is 61.5. The van der Waals surface area contributed by atoms with Crippen molar-refractivity contribution < 1.29 is 82.4 Å². The van der Waals surface area contributed by atoms with E-state index in [1.54, 1.807) is 116 Å². The van der Waals surface area contributed by atoms with Crippen LogP contribution in [0.15, 0.2) is 78.2 Å². The number of primary amides is 1. The molecule has 584 valence electrons. The Kier molecular flexibility index (Phi) is 35.6. The van der Waals surface area contributed by atoms with Crippen LogP contribution in [0.2, 0.25) is 0 Å². The molecule has 36 heteroatoms. The number of nitrogens with two attached hydrogens (primary N) is 4. The number of aliphatic carboxylic acids is 1. The van der Waals surface area contributed by atoms with E-state index in [1.165, 1.54) is 19.4 Å². The SMILES string of the molecule is CC[C@H](C)[C@H](NC(=O)[C@H](CC(N)=O)NC(=O)CNC(=O)[C@H](Cc1ccccc1)NC(=O)[C@H](Cc1ccccc1)NC(=O)[C@H](Cc1cnc[nH]1)NC(=O)[C@@H](NC(=O)[C@@H](N)C(C)C)C(C)C)C(=O)N[C@H](C(=O)N[C@H](C(=O)N1CCC[C@H]1C(=O)N[C@@H](CCCN=C(N)N)C(=O)N[C@H](C(=O)O)[C@@H](C)O)[C@@H](C)O)C(C)C. The molecule has 0 radical (unpaired) electrons. The van der Waals surface area contributed by atoms with Gasteiger partial charge in [0, 0.05) is 44.2 Å². The van der Waals surface area contributed by atoms with Crippen molar-refractivity contribution in [2.75, 3.05) is 19.6 Å². The summed E-state index contributed by atoms with van der Waals surface area (Å²) in [6.07, 6.45) is -1.09. The minimum atomic E-state index is -1.78. The lowest BCUT2D eigenvalue weighted by Gasteiger charge is -2.33. The number of carbonyl (C=O) groups is 14. The van der Waals surface area contributed by atoms with E-state index >= 15 is 0 Å². The highest BCUT2D eigenvalue weighted by molar-refractivity contribution is 6.00. The number of guanidine groups is 1. The molecule has 3 aromatic rings. The van der Waals surface area contributed by atoms with Crippen LogP contribution in [-0.4, -0.2) is 223 Å². The molecule has 0 unspecified atom stereocenters. The molecule has 1 aromatic heterocycles. The maximum absolute atomic E-state index is 14.7. The van der Waals surface area contributed by atoms with E-state index in [9.17, 15) is 82.4 Å². The summed E-state index contributed by atoms with van der Waals surface area (Å²) in [5, 5.41) is 58.7. The van der Waals surface area contributed by atoms with Gasteiger partial charge in [-0.1, -0.05) is 122 Å². The molecule has 13 amide bonds. The van der Waals surface area contributed by atoms with Crippen molar-refractivity contribution in [2.24, 2.45) is 51.6 Å². The van der Waals surface area contributed by atoms with Crippen LogP contribution in [0.4, 0.5) is 0 Å². The smallest absolute Gasteiger partial charge is 0.328 e. The van der Waals surface area contributed by atoms with E-state index in [0.717, 1.165) is 11.8 Å². The topological polar surface area (TPSA) is 580 Å². The summed E-state index contributed by atoms with van der Waals surface area (Å²) in [6, 6.07) is -0.236. The predicted molar refractivity (Wildman–Crippen MR) is 386 cm³/mol. The van der Waals surface area contributed by atoms with E-state index in [4.69, 9.17) is 22.9 Å². The van der Waals surface area contributed by atoms with Crippen molar-refractivity contribution in [1.82, 2.24) is 73.4 Å². The molecule has 36 nitrogen and oxygen atoms in total. The third-order valence-electron chi connectivity index (χ3n) is 17.7. The lowest BCUT2D eigenvalue weighted by molar-refractivity contribution is -0.146. The standard InChI is InChI=1S/C70H107N19O17/c1-11-38(8)55(67(103)85-54(37(6)7)66(102)87-56(39(9)90)68(104)89-27-19-25-49(89)63(99)80-44(24-18-26-76-70(73)74)59(95)88-57(40(10)91)69(105)106)86-62(98)48(31-50(71)92)79-51(93)33-77-58(94)45(28-41-20-14-12-15-21-41)81-60(96)46(29-42-22-16-13-17-23-42)82-61(97)47(30-43-32-75-34-78-43)83-65(101)53(36(4)5)84-64(100)52(72)35(2)3/h12-17,20-23,32,34-40,44-49,52-57,90-91H,11,18-19,24-31,33,72H2,1-10H3,(H2,71,92)(H,75,78)(H,77,94)(H,79,93)(H,80,99)(H,81,96)(H,82,97)(H,83,101)(H,84,100)(H,85,103)(H,86,98)(H,87,102)(H,88,95)(H,105,106)(H4,73,74,76)/t38-,39+,40+,44-,45-,46-,47-,48-,49-,52-,53-,54-,55-,56-,57-/m0/s1. The van der Waals surface area contributed by atoms with Crippen molar-refractivity contribution >= 4 is 88.7 Å². The molecule has 0 aliphatic carbocycles. The molecule has 4 rings (SSSR count). The highest BCUT2D eigenvalue weighted by atomic mass is 16.4. The summed E-state index contributed by atoms with van der Waals surface area (Å²) in [5.41, 5.74) is 24.1. The van der Waals surface area contributed by atoms with Gasteiger partial charge in [-0.25, -0.2) is 9.78 Å². The molecule has 1 fully saturated rings. The number of imidazole rings is 1. The predicted octanol–water partition coefficient (Wildman–Crippen LogP) is -4.49. The second kappa shape index (κ2) is 43.0. The Balaban J connectivity index is 1.53. The highest BCUT2D eigenvalue weighted by Gasteiger charge is 2.43. The number of amides is 13. The van der Waals surface area contributed by atoms with Gasteiger partial charge in [-0.2, -0.15) is 0 Å². The van der Waals surface area contributed by atoms with E-state index in [-0.39, 0.29) is 76.3 Å². The Bertz CT molecular complexity index is 3500. The molecule has 106 heavy (non-hydrogen) atoms. The number of nitrogens with zero attached hydrogens (tertiary/aromatic N) is 3. The Morgan fingerprint density at radius 3 is 1.52 bits per heavy atom. The minimum Gasteiger partial charge on any atom is -0.480 e. The summed E-state index contributed by atoms with van der Waals surface area (Å²) in [7, 11) is 0. The number of aliphatic imine (C=N–C) groups is 1. The van der Waals surface area contributed by atoms with Gasteiger partial charge in [-0.15, -0.1) is 0 Å². The Morgan fingerprint density at radius 2 is 1.03 bits per heavy atom. The molecule has 0 bridgehead atoms. The Hall–Kier alpha value is -10.6. The van der Waals surface area contributed by atoms with Gasteiger partial charge in [0.2, 0.25) is 76.8 Å². The molecular formula is C70H107N19O17. The van der Waals surface area contributed by atoms with E-state index in [1.807, 2.05) is 0 Å². The fourth-order valence-electron chi connectivity index (χ4n) is 11.3. The number of hydrogen-bond acceptors (Lipinski definition) is 19. The second-order valence-electron chi connectivity index (χ2n) is 27.4. The van der Waals surface area contributed by atoms with E-state index in [2.05, 4.69) is 73.4 Å². The number of carboxylic acids is 1. The quantitative estimate of drug-likeness (QED) is 0.0144. The fourth-order valence-corrected chi connectivity index (χ4v) is 11.3. The van der Waals surface area contributed by atoms with Crippen LogP contribution in [-0.2, 0) is 86.4 Å². The number of nitrogens with one attached hydrogen (secondary N) is 12. The molecule has 1 aliphatic rings. The van der Waals surface area contributed by atoms with Crippen LogP contribution in [0.25, 0.3) is 0 Å². The van der Waals surface area contributed by atoms with Gasteiger partial charge in [-0.05, 0) is 74.3 Å². The largest absolute Gasteiger partial charge is 0.480 e. The van der Waals surface area contributed by atoms with Crippen LogP contribution < -0.4 is 81.4 Å². The Morgan fingerprint density at radius 1 is 0.557 bits per heavy atom. The molecular weight excluding hydrogens is 1380 g/mol. The third kappa shape index (κ3) is 28.1. The maximum atomic E-state index is 14.7. The number of hydrogen-bond donors (Lipinski definition) is 19. The number of benzene rings is 2. The van der Waals surface area contributed by atoms with Crippen LogP contribution >= 0.6 is 0 Å². The number of aromatic nitrogens is 2. The average molecular weight is 1490 g/mol. The number of rotatable bonds is 43. The number of carbonyl (C=O) groups excluding carboxylic acids is 13. The second-order valence-corrected chi connectivity index (χ2v) is 27.4. The summed E-state index contributed by atoms with van der Waals surface area (Å²) in [5.74, 6) is -15.8. The maximum Gasteiger partial charge on any atom is 0.328 e. The van der Waals surface area contributed by atoms with Gasteiger partial charge in [0.15, 0.2) is 12.0 Å². The number of likely N-dealkylation sites (tertiary alicyclic amines) is 1. The first-order valence-electron chi connectivity index (χ1n) is 35.3. The van der Waals surface area contributed by atoms with Crippen molar-refractivity contribution in [2.45, 2.75) is 212 Å². The van der Waals surface area contributed by atoms with Gasteiger partial charge < -0.3 is 107 Å². The van der Waals surface area contributed by atoms with Gasteiger partial charge in [0.05, 0.1) is 37.5 Å². The van der Waals surface area contributed by atoms with Crippen molar-refractivity contribution in [3.8, 4) is 0 Å². The monoisotopic (exact) mass is 1490 g/mol. The van der Waals surface area contributed by atoms with Crippen molar-refractivity contribution in [3.05, 3.63) is 90.0 Å². The molecule has 1 aliphatic heterocycles. The Labute approximate surface area is 615 Å². The van der Waals surface area contributed by atoms with Gasteiger partial charge in [0.1, 0.15) is 60.4 Å². The van der Waals surface area contributed by atoms with Crippen LogP contribution in [0.3, 0.4) is 0 Å². The van der Waals surface area contributed by atoms with Gasteiger partial charge in [-0.3, -0.25) is 67.3 Å². The highest BCUT2D eigenvalue weighted by Crippen LogP contribution is 2.22.